The van der Waals surface area contributed by atoms with Gasteiger partial charge < -0.3 is 20.7 Å². The number of fused-ring (bicyclic) bond motifs is 1. The molecule has 0 saturated heterocycles. The van der Waals surface area contributed by atoms with Crippen LogP contribution < -0.4 is 11.1 Å². The van der Waals surface area contributed by atoms with E-state index >= 15 is 0 Å². The summed E-state index contributed by atoms with van der Waals surface area (Å²) in [5.74, 6) is 0. The molecule has 0 aliphatic carbocycles. The minimum atomic E-state index is -0.501. The van der Waals surface area contributed by atoms with Crippen LogP contribution in [-0.2, 0) is 7.05 Å². The number of benzene rings is 1. The van der Waals surface area contributed by atoms with Gasteiger partial charge in [-0.2, -0.15) is 0 Å². The molecule has 1 aromatic heterocycles. The number of aromatic nitrogens is 1. The number of nitrogens with two attached hydrogens (primary N) is 1. The van der Waals surface area contributed by atoms with Crippen LogP contribution in [0.4, 0.5) is 5.69 Å². The largest absolute Gasteiger partial charge is 0.390 e. The van der Waals surface area contributed by atoms with Gasteiger partial charge in [-0.3, -0.25) is 0 Å². The highest BCUT2D eigenvalue weighted by Gasteiger charge is 2.06. The fraction of sp³-hybridized carbons (Fsp3) is 0.333. The maximum absolute atomic E-state index is 9.40. The van der Waals surface area contributed by atoms with Gasteiger partial charge in [0, 0.05) is 37.2 Å². The molecule has 16 heavy (non-hydrogen) atoms. The Balaban J connectivity index is 2.24. The summed E-state index contributed by atoms with van der Waals surface area (Å²) in [7, 11) is 2.01. The Kier molecular flexibility index (Phi) is 3.12. The molecule has 1 atom stereocenters. The second kappa shape index (κ2) is 4.55. The molecule has 0 radical (unpaired) electrons. The van der Waals surface area contributed by atoms with Gasteiger partial charge in [0.05, 0.1) is 11.8 Å². The van der Waals surface area contributed by atoms with Crippen molar-refractivity contribution in [3.63, 3.8) is 0 Å². The molecule has 0 fully saturated rings. The highest BCUT2D eigenvalue weighted by atomic mass is 16.3. The maximum Gasteiger partial charge on any atom is 0.0834 e. The first-order valence-corrected chi connectivity index (χ1v) is 5.38. The fourth-order valence-corrected chi connectivity index (χ4v) is 1.79. The summed E-state index contributed by atoms with van der Waals surface area (Å²) in [6.45, 7) is 0.752. The van der Waals surface area contributed by atoms with Gasteiger partial charge in [0.1, 0.15) is 0 Å². The molecule has 1 heterocycles. The molecule has 0 spiro atoms. The molecule has 2 aromatic rings. The Bertz CT molecular complexity index is 478. The van der Waals surface area contributed by atoms with E-state index in [0.29, 0.717) is 6.54 Å². The second-order valence-electron chi connectivity index (χ2n) is 3.94. The zero-order valence-electron chi connectivity index (χ0n) is 9.35. The van der Waals surface area contributed by atoms with Crippen LogP contribution >= 0.6 is 0 Å². The van der Waals surface area contributed by atoms with E-state index in [0.717, 1.165) is 11.1 Å². The molecule has 1 unspecified atom stereocenters. The molecular weight excluding hydrogens is 202 g/mol. The molecule has 2 rings (SSSR count). The first-order chi connectivity index (χ1) is 7.72. The number of anilines is 1. The van der Waals surface area contributed by atoms with Crippen molar-refractivity contribution in [1.29, 1.82) is 0 Å². The van der Waals surface area contributed by atoms with Crippen molar-refractivity contribution in [2.75, 3.05) is 18.4 Å². The van der Waals surface area contributed by atoms with Gasteiger partial charge in [-0.15, -0.1) is 0 Å². The standard InChI is InChI=1S/C12H17N3O/c1-15-8-11(14-7-9(16)6-13)10-4-2-3-5-12(10)15/h2-5,8-9,14,16H,6-7,13H2,1H3. The highest BCUT2D eigenvalue weighted by Crippen LogP contribution is 2.24. The Morgan fingerprint density at radius 1 is 1.44 bits per heavy atom. The number of para-hydroxylation sites is 1. The van der Waals surface area contributed by atoms with E-state index in [1.54, 1.807) is 0 Å². The van der Waals surface area contributed by atoms with Gasteiger partial charge in [0.15, 0.2) is 0 Å². The predicted octanol–water partition coefficient (Wildman–Crippen LogP) is 0.910. The third kappa shape index (κ3) is 2.03. The van der Waals surface area contributed by atoms with Crippen molar-refractivity contribution in [1.82, 2.24) is 4.57 Å². The number of hydrogen-bond donors (Lipinski definition) is 3. The lowest BCUT2D eigenvalue weighted by molar-refractivity contribution is 0.196. The van der Waals surface area contributed by atoms with Gasteiger partial charge in [-0.05, 0) is 6.07 Å². The van der Waals surface area contributed by atoms with Crippen LogP contribution in [0.3, 0.4) is 0 Å². The molecule has 0 aliphatic heterocycles. The normalized spacial score (nSPS) is 12.9. The van der Waals surface area contributed by atoms with Crippen molar-refractivity contribution in [3.8, 4) is 0 Å². The second-order valence-corrected chi connectivity index (χ2v) is 3.94. The molecule has 4 N–H and O–H groups in total. The summed E-state index contributed by atoms with van der Waals surface area (Å²) < 4.78 is 2.06. The van der Waals surface area contributed by atoms with E-state index in [2.05, 4.69) is 22.0 Å². The Labute approximate surface area is 94.7 Å². The summed E-state index contributed by atoms with van der Waals surface area (Å²) in [4.78, 5) is 0. The zero-order chi connectivity index (χ0) is 11.5. The average Bonchev–Trinajstić information content (AvgIpc) is 2.64. The maximum atomic E-state index is 9.40. The van der Waals surface area contributed by atoms with E-state index in [4.69, 9.17) is 5.73 Å². The highest BCUT2D eigenvalue weighted by molar-refractivity contribution is 5.92. The first-order valence-electron chi connectivity index (χ1n) is 5.38. The monoisotopic (exact) mass is 219 g/mol. The van der Waals surface area contributed by atoms with Crippen LogP contribution in [0.2, 0.25) is 0 Å². The quantitative estimate of drug-likeness (QED) is 0.716. The molecule has 4 heteroatoms. The minimum absolute atomic E-state index is 0.276. The van der Waals surface area contributed by atoms with Crippen molar-refractivity contribution in [2.24, 2.45) is 12.8 Å². The fourth-order valence-electron chi connectivity index (χ4n) is 1.79. The average molecular weight is 219 g/mol. The van der Waals surface area contributed by atoms with Gasteiger partial charge in [-0.1, -0.05) is 18.2 Å². The molecule has 4 nitrogen and oxygen atoms in total. The molecule has 0 aliphatic rings. The van der Waals surface area contributed by atoms with E-state index in [-0.39, 0.29) is 6.54 Å². The third-order valence-corrected chi connectivity index (χ3v) is 2.70. The van der Waals surface area contributed by atoms with Crippen LogP contribution in [0.5, 0.6) is 0 Å². The molecule has 86 valence electrons. The number of aliphatic hydroxyl groups excluding tert-OH is 1. The Hall–Kier alpha value is -1.52. The van der Waals surface area contributed by atoms with E-state index < -0.39 is 6.10 Å². The van der Waals surface area contributed by atoms with Gasteiger partial charge in [0.2, 0.25) is 0 Å². The first kappa shape index (κ1) is 11.0. The summed E-state index contributed by atoms with van der Waals surface area (Å²) >= 11 is 0. The lowest BCUT2D eigenvalue weighted by Gasteiger charge is -2.09. The molecule has 0 amide bonds. The number of aliphatic hydroxyl groups is 1. The van der Waals surface area contributed by atoms with E-state index in [1.165, 1.54) is 5.52 Å². The molecule has 0 saturated carbocycles. The van der Waals surface area contributed by atoms with E-state index in [9.17, 15) is 5.11 Å². The lowest BCUT2D eigenvalue weighted by atomic mass is 10.2. The Morgan fingerprint density at radius 2 is 2.19 bits per heavy atom. The number of hydrogen-bond acceptors (Lipinski definition) is 3. The minimum Gasteiger partial charge on any atom is -0.390 e. The van der Waals surface area contributed by atoms with Crippen molar-refractivity contribution in [3.05, 3.63) is 30.5 Å². The lowest BCUT2D eigenvalue weighted by Crippen LogP contribution is -2.27. The molecule has 1 aromatic carbocycles. The van der Waals surface area contributed by atoms with Crippen molar-refractivity contribution < 1.29 is 5.11 Å². The number of aryl methyl sites for hydroxylation is 1. The Morgan fingerprint density at radius 3 is 2.94 bits per heavy atom. The SMILES string of the molecule is Cn1cc(NCC(O)CN)c2ccccc21. The number of nitrogens with zero attached hydrogens (tertiary/aromatic N) is 1. The third-order valence-electron chi connectivity index (χ3n) is 2.70. The van der Waals surface area contributed by atoms with E-state index in [1.807, 2.05) is 25.4 Å². The van der Waals surface area contributed by atoms with Crippen molar-refractivity contribution >= 4 is 16.6 Å². The van der Waals surface area contributed by atoms with Crippen LogP contribution in [0, 0.1) is 0 Å². The molecular formula is C12H17N3O. The van der Waals surface area contributed by atoms with Crippen molar-refractivity contribution in [2.45, 2.75) is 6.10 Å². The topological polar surface area (TPSA) is 63.2 Å². The van der Waals surface area contributed by atoms with Gasteiger partial charge in [-0.25, -0.2) is 0 Å². The summed E-state index contributed by atoms with van der Waals surface area (Å²) in [5, 5.41) is 13.8. The van der Waals surface area contributed by atoms with Crippen LogP contribution in [-0.4, -0.2) is 28.9 Å². The summed E-state index contributed by atoms with van der Waals surface area (Å²) in [6.07, 6.45) is 1.52. The number of rotatable bonds is 4. The van der Waals surface area contributed by atoms with Gasteiger partial charge in [0.25, 0.3) is 0 Å². The van der Waals surface area contributed by atoms with Gasteiger partial charge >= 0.3 is 0 Å². The van der Waals surface area contributed by atoms with Crippen LogP contribution in [0.25, 0.3) is 10.9 Å². The number of nitrogens with one attached hydrogen (secondary N) is 1. The smallest absolute Gasteiger partial charge is 0.0834 e. The van der Waals surface area contributed by atoms with Crippen LogP contribution in [0.15, 0.2) is 30.5 Å². The summed E-state index contributed by atoms with van der Waals surface area (Å²) in [5.41, 5.74) is 7.57. The molecule has 0 bridgehead atoms. The zero-order valence-corrected chi connectivity index (χ0v) is 9.35. The predicted molar refractivity (Wildman–Crippen MR) is 66.5 cm³/mol. The van der Waals surface area contributed by atoms with Crippen LogP contribution in [0.1, 0.15) is 0 Å². The summed E-state index contributed by atoms with van der Waals surface area (Å²) in [6, 6.07) is 8.15.